The molecule has 0 bridgehead atoms. The first-order valence-corrected chi connectivity index (χ1v) is 16.3. The minimum atomic E-state index is 0.573. The molecule has 0 amide bonds. The summed E-state index contributed by atoms with van der Waals surface area (Å²) in [5.41, 5.74) is 11.7. The Morgan fingerprint density at radius 2 is 0.920 bits per heavy atom. The van der Waals surface area contributed by atoms with Gasteiger partial charge in [0.2, 0.25) is 0 Å². The molecule has 0 radical (unpaired) electrons. The summed E-state index contributed by atoms with van der Waals surface area (Å²) in [6.45, 7) is 0. The number of benzene rings is 7. The van der Waals surface area contributed by atoms with Crippen LogP contribution in [0.1, 0.15) is 16.7 Å². The molecule has 0 aliphatic carbocycles. The van der Waals surface area contributed by atoms with Gasteiger partial charge in [-0.25, -0.2) is 0 Å². The molecular formula is C45H25N5. The molecule has 0 saturated heterocycles. The van der Waals surface area contributed by atoms with Crippen molar-refractivity contribution in [3.8, 4) is 51.8 Å². The van der Waals surface area contributed by atoms with Gasteiger partial charge in [-0.15, -0.1) is 0 Å². The fourth-order valence-corrected chi connectivity index (χ4v) is 7.37. The molecule has 9 rings (SSSR count). The van der Waals surface area contributed by atoms with E-state index in [9.17, 15) is 15.8 Å². The third kappa shape index (κ3) is 4.38. The number of hydrogen-bond donors (Lipinski definition) is 0. The van der Waals surface area contributed by atoms with Crippen LogP contribution in [0.3, 0.4) is 0 Å². The molecule has 230 valence electrons. The standard InChI is InChI=1S/C45H25N5/c46-26-29-13-21-44-39(23-29)40-24-30(27-47)14-22-45(40)49(44)34-18-15-31(16-19-34)32-17-20-35(33(25-32)28-48)36-7-1-4-10-41(36)50-42-11-5-2-8-37(42)38-9-3-6-12-43(38)50/h1-25H. The third-order valence-corrected chi connectivity index (χ3v) is 9.64. The van der Waals surface area contributed by atoms with Gasteiger partial charge in [0.25, 0.3) is 0 Å². The first kappa shape index (κ1) is 28.8. The number of fused-ring (bicyclic) bond motifs is 6. The van der Waals surface area contributed by atoms with Crippen molar-refractivity contribution in [1.82, 2.24) is 9.13 Å². The van der Waals surface area contributed by atoms with Crippen molar-refractivity contribution < 1.29 is 0 Å². The van der Waals surface area contributed by atoms with Crippen LogP contribution in [0.4, 0.5) is 0 Å². The van der Waals surface area contributed by atoms with Gasteiger partial charge in [-0.3, -0.25) is 0 Å². The van der Waals surface area contributed by atoms with Crippen LogP contribution in [-0.2, 0) is 0 Å². The lowest BCUT2D eigenvalue weighted by Gasteiger charge is -2.16. The van der Waals surface area contributed by atoms with Gasteiger partial charge in [-0.05, 0) is 83.9 Å². The molecule has 0 fully saturated rings. The highest BCUT2D eigenvalue weighted by Gasteiger charge is 2.18. The summed E-state index contributed by atoms with van der Waals surface area (Å²) in [5, 5.41) is 33.8. The van der Waals surface area contributed by atoms with Crippen molar-refractivity contribution in [1.29, 1.82) is 15.8 Å². The van der Waals surface area contributed by atoms with E-state index in [-0.39, 0.29) is 0 Å². The molecule has 7 aromatic carbocycles. The Balaban J connectivity index is 1.14. The second kappa shape index (κ2) is 11.4. The fraction of sp³-hybridized carbons (Fsp3) is 0. The van der Waals surface area contributed by atoms with Gasteiger partial charge in [0.1, 0.15) is 0 Å². The minimum absolute atomic E-state index is 0.573. The molecule has 0 unspecified atom stereocenters. The summed E-state index contributed by atoms with van der Waals surface area (Å²) >= 11 is 0. The number of nitrogens with zero attached hydrogens (tertiary/aromatic N) is 5. The summed E-state index contributed by atoms with van der Waals surface area (Å²) in [4.78, 5) is 0. The van der Waals surface area contributed by atoms with E-state index in [1.165, 1.54) is 10.8 Å². The number of hydrogen-bond acceptors (Lipinski definition) is 3. The van der Waals surface area contributed by atoms with E-state index in [2.05, 4.69) is 124 Å². The zero-order valence-electron chi connectivity index (χ0n) is 26.7. The molecule has 0 spiro atoms. The van der Waals surface area contributed by atoms with E-state index in [1.807, 2.05) is 54.6 Å². The SMILES string of the molecule is N#Cc1ccc2c(c1)c1cc(C#N)ccc1n2-c1ccc(-c2ccc(-c3ccccc3-n3c4ccccc4c4ccccc43)c(C#N)c2)cc1. The van der Waals surface area contributed by atoms with Crippen molar-refractivity contribution >= 4 is 43.6 Å². The first-order chi connectivity index (χ1) is 24.7. The normalized spacial score (nSPS) is 11.1. The Labute approximate surface area is 287 Å². The molecule has 0 atom stereocenters. The smallest absolute Gasteiger partial charge is 0.0998 e. The molecule has 0 N–H and O–H groups in total. The highest BCUT2D eigenvalue weighted by atomic mass is 15.0. The Bertz CT molecular complexity index is 2830. The maximum atomic E-state index is 10.5. The van der Waals surface area contributed by atoms with E-state index in [0.717, 1.165) is 66.5 Å². The summed E-state index contributed by atoms with van der Waals surface area (Å²) in [5.74, 6) is 0. The highest BCUT2D eigenvalue weighted by Crippen LogP contribution is 2.39. The molecule has 0 saturated carbocycles. The molecule has 2 aromatic heterocycles. The fourth-order valence-electron chi connectivity index (χ4n) is 7.37. The van der Waals surface area contributed by atoms with Gasteiger partial charge in [-0.1, -0.05) is 78.9 Å². The van der Waals surface area contributed by atoms with Gasteiger partial charge in [0.15, 0.2) is 0 Å². The van der Waals surface area contributed by atoms with Gasteiger partial charge < -0.3 is 9.13 Å². The third-order valence-electron chi connectivity index (χ3n) is 9.64. The van der Waals surface area contributed by atoms with Gasteiger partial charge >= 0.3 is 0 Å². The second-order valence-electron chi connectivity index (χ2n) is 12.3. The van der Waals surface area contributed by atoms with Crippen molar-refractivity contribution in [2.45, 2.75) is 0 Å². The van der Waals surface area contributed by atoms with Crippen LogP contribution in [0.5, 0.6) is 0 Å². The van der Waals surface area contributed by atoms with Crippen LogP contribution in [0, 0.1) is 34.0 Å². The second-order valence-corrected chi connectivity index (χ2v) is 12.3. The molecular weight excluding hydrogens is 611 g/mol. The topological polar surface area (TPSA) is 81.2 Å². The average molecular weight is 636 g/mol. The first-order valence-electron chi connectivity index (χ1n) is 16.3. The highest BCUT2D eigenvalue weighted by molar-refractivity contribution is 6.11. The lowest BCUT2D eigenvalue weighted by atomic mass is 9.94. The van der Waals surface area contributed by atoms with Crippen molar-refractivity contribution in [3.05, 3.63) is 168 Å². The lowest BCUT2D eigenvalue weighted by Crippen LogP contribution is -1.98. The molecule has 50 heavy (non-hydrogen) atoms. The van der Waals surface area contributed by atoms with Crippen LogP contribution in [0.25, 0.3) is 77.2 Å². The molecule has 2 heterocycles. The predicted octanol–water partition coefficient (Wildman–Crippen LogP) is 10.8. The summed E-state index contributed by atoms with van der Waals surface area (Å²) in [6.07, 6.45) is 0. The van der Waals surface area contributed by atoms with E-state index >= 15 is 0 Å². The number of nitriles is 3. The molecule has 9 aromatic rings. The number of para-hydroxylation sites is 3. The molecule has 5 nitrogen and oxygen atoms in total. The maximum absolute atomic E-state index is 10.5. The Morgan fingerprint density at radius 3 is 1.52 bits per heavy atom. The van der Waals surface area contributed by atoms with Gasteiger partial charge in [0, 0.05) is 38.4 Å². The van der Waals surface area contributed by atoms with Crippen LogP contribution in [0.2, 0.25) is 0 Å². The number of rotatable bonds is 4. The zero-order valence-corrected chi connectivity index (χ0v) is 26.7. The molecule has 5 heteroatoms. The monoisotopic (exact) mass is 635 g/mol. The van der Waals surface area contributed by atoms with Crippen molar-refractivity contribution in [2.24, 2.45) is 0 Å². The van der Waals surface area contributed by atoms with E-state index in [4.69, 9.17) is 0 Å². The van der Waals surface area contributed by atoms with Crippen LogP contribution >= 0.6 is 0 Å². The number of aromatic nitrogens is 2. The Kier molecular flexibility index (Phi) is 6.56. The molecule has 0 aliphatic rings. The van der Waals surface area contributed by atoms with Crippen molar-refractivity contribution in [2.75, 3.05) is 0 Å². The van der Waals surface area contributed by atoms with E-state index in [0.29, 0.717) is 16.7 Å². The van der Waals surface area contributed by atoms with Crippen LogP contribution in [-0.4, -0.2) is 9.13 Å². The summed E-state index contributed by atoms with van der Waals surface area (Å²) in [6, 6.07) is 57.9. The van der Waals surface area contributed by atoms with Gasteiger partial charge in [-0.2, -0.15) is 15.8 Å². The summed E-state index contributed by atoms with van der Waals surface area (Å²) < 4.78 is 4.46. The van der Waals surface area contributed by atoms with E-state index < -0.39 is 0 Å². The summed E-state index contributed by atoms with van der Waals surface area (Å²) in [7, 11) is 0. The van der Waals surface area contributed by atoms with E-state index in [1.54, 1.807) is 0 Å². The maximum Gasteiger partial charge on any atom is 0.0998 e. The minimum Gasteiger partial charge on any atom is -0.309 e. The average Bonchev–Trinajstić information content (AvgIpc) is 3.69. The zero-order chi connectivity index (χ0) is 33.8. The van der Waals surface area contributed by atoms with Crippen LogP contribution in [0.15, 0.2) is 152 Å². The lowest BCUT2D eigenvalue weighted by molar-refractivity contribution is 1.18. The van der Waals surface area contributed by atoms with Gasteiger partial charge in [0.05, 0.1) is 62.7 Å². The van der Waals surface area contributed by atoms with Crippen molar-refractivity contribution in [3.63, 3.8) is 0 Å². The molecule has 0 aliphatic heterocycles. The Hall–Kier alpha value is -7.39. The Morgan fingerprint density at radius 1 is 0.380 bits per heavy atom. The predicted molar refractivity (Wildman–Crippen MR) is 200 cm³/mol. The quantitative estimate of drug-likeness (QED) is 0.193. The largest absolute Gasteiger partial charge is 0.309 e. The van der Waals surface area contributed by atoms with Crippen LogP contribution < -0.4 is 0 Å².